The van der Waals surface area contributed by atoms with Crippen LogP contribution < -0.4 is 11.1 Å². The zero-order valence-electron chi connectivity index (χ0n) is 7.91. The van der Waals surface area contributed by atoms with E-state index in [0.29, 0.717) is 15.7 Å². The molecule has 6 heteroatoms. The normalized spacial score (nSPS) is 10.4. The van der Waals surface area contributed by atoms with Gasteiger partial charge in [0, 0.05) is 17.2 Å². The van der Waals surface area contributed by atoms with Gasteiger partial charge in [0.25, 0.3) is 11.1 Å². The number of aromatic amines is 1. The first-order valence-corrected chi connectivity index (χ1v) is 5.11. The lowest BCUT2D eigenvalue weighted by molar-refractivity contribution is 0.786. The van der Waals surface area contributed by atoms with Gasteiger partial charge >= 0.3 is 0 Å². The number of aromatic nitrogens is 2. The van der Waals surface area contributed by atoms with Crippen LogP contribution in [0, 0.1) is 0 Å². The fourth-order valence-corrected chi connectivity index (χ4v) is 1.63. The molecule has 1 heterocycles. The van der Waals surface area contributed by atoms with Gasteiger partial charge < -0.3 is 0 Å². The maximum atomic E-state index is 11.5. The number of H-pyrrole nitrogens is 1. The Labute approximate surface area is 100 Å². The highest BCUT2D eigenvalue weighted by Gasteiger charge is 2.06. The van der Waals surface area contributed by atoms with Crippen LogP contribution in [0.4, 0.5) is 0 Å². The van der Waals surface area contributed by atoms with Crippen molar-refractivity contribution < 1.29 is 0 Å². The highest BCUT2D eigenvalue weighted by molar-refractivity contribution is 6.34. The number of hydrogen-bond donors (Lipinski definition) is 1. The van der Waals surface area contributed by atoms with Crippen molar-refractivity contribution in [2.24, 2.45) is 0 Å². The molecule has 0 radical (unpaired) electrons. The van der Waals surface area contributed by atoms with Gasteiger partial charge in [-0.25, -0.2) is 4.68 Å². The van der Waals surface area contributed by atoms with Crippen LogP contribution in [0.25, 0.3) is 5.69 Å². The zero-order chi connectivity index (χ0) is 11.7. The molecular weight excluding hydrogens is 251 g/mol. The Morgan fingerprint density at radius 1 is 1.06 bits per heavy atom. The summed E-state index contributed by atoms with van der Waals surface area (Å²) in [5.41, 5.74) is -0.434. The quantitative estimate of drug-likeness (QED) is 0.847. The van der Waals surface area contributed by atoms with Gasteiger partial charge in [0.05, 0.1) is 10.7 Å². The predicted octanol–water partition coefficient (Wildman–Crippen LogP) is 1.83. The Balaban J connectivity index is 2.76. The maximum Gasteiger partial charge on any atom is 0.269 e. The number of rotatable bonds is 1. The van der Waals surface area contributed by atoms with E-state index in [9.17, 15) is 9.59 Å². The van der Waals surface area contributed by atoms with Crippen LogP contribution in [0.15, 0.2) is 39.9 Å². The van der Waals surface area contributed by atoms with E-state index < -0.39 is 5.56 Å². The molecule has 1 aromatic heterocycles. The van der Waals surface area contributed by atoms with E-state index in [2.05, 4.69) is 5.10 Å². The molecule has 0 aliphatic carbocycles. The second kappa shape index (κ2) is 4.15. The van der Waals surface area contributed by atoms with Crippen LogP contribution in [-0.2, 0) is 0 Å². The first-order chi connectivity index (χ1) is 7.58. The highest BCUT2D eigenvalue weighted by Crippen LogP contribution is 2.22. The molecule has 82 valence electrons. The van der Waals surface area contributed by atoms with E-state index in [1.54, 1.807) is 12.1 Å². The van der Waals surface area contributed by atoms with Crippen molar-refractivity contribution in [2.45, 2.75) is 0 Å². The molecule has 2 rings (SSSR count). The van der Waals surface area contributed by atoms with Crippen LogP contribution in [-0.4, -0.2) is 9.78 Å². The molecule has 16 heavy (non-hydrogen) atoms. The van der Waals surface area contributed by atoms with E-state index >= 15 is 0 Å². The van der Waals surface area contributed by atoms with Crippen molar-refractivity contribution in [3.63, 3.8) is 0 Å². The minimum absolute atomic E-state index is 0.327. The van der Waals surface area contributed by atoms with Gasteiger partial charge in [-0.1, -0.05) is 23.2 Å². The highest BCUT2D eigenvalue weighted by atomic mass is 35.5. The lowest BCUT2D eigenvalue weighted by Crippen LogP contribution is -2.26. The first-order valence-electron chi connectivity index (χ1n) is 4.36. The molecule has 0 spiro atoms. The van der Waals surface area contributed by atoms with Crippen LogP contribution in [0.3, 0.4) is 0 Å². The van der Waals surface area contributed by atoms with Gasteiger partial charge in [0.1, 0.15) is 0 Å². The summed E-state index contributed by atoms with van der Waals surface area (Å²) < 4.78 is 1.05. The molecule has 0 amide bonds. The van der Waals surface area contributed by atoms with E-state index in [4.69, 9.17) is 23.2 Å². The molecule has 1 N–H and O–H groups in total. The van der Waals surface area contributed by atoms with E-state index in [0.717, 1.165) is 16.8 Å². The molecular formula is C10H6Cl2N2O2. The maximum absolute atomic E-state index is 11.5. The van der Waals surface area contributed by atoms with Crippen molar-refractivity contribution in [1.82, 2.24) is 9.78 Å². The fraction of sp³-hybridized carbons (Fsp3) is 0. The second-order valence-corrected chi connectivity index (χ2v) is 3.92. The third-order valence-corrected chi connectivity index (χ3v) is 2.52. The SMILES string of the molecule is O=c1ccc(=O)n(-c2cc(Cl)ccc2Cl)[nH]1. The summed E-state index contributed by atoms with van der Waals surface area (Å²) in [5, 5.41) is 3.12. The van der Waals surface area contributed by atoms with Gasteiger partial charge in [0.2, 0.25) is 0 Å². The Morgan fingerprint density at radius 3 is 2.56 bits per heavy atom. The summed E-state index contributed by atoms with van der Waals surface area (Å²) in [5.74, 6) is 0. The number of hydrogen-bond acceptors (Lipinski definition) is 2. The molecule has 1 aromatic carbocycles. The lowest BCUT2D eigenvalue weighted by Gasteiger charge is -2.06. The molecule has 0 atom stereocenters. The Bertz CT molecular complexity index is 646. The summed E-state index contributed by atoms with van der Waals surface area (Å²) in [6.45, 7) is 0. The summed E-state index contributed by atoms with van der Waals surface area (Å²) in [6, 6.07) is 6.96. The monoisotopic (exact) mass is 256 g/mol. The number of nitrogens with zero attached hydrogens (tertiary/aromatic N) is 1. The molecule has 2 aromatic rings. The number of halogens is 2. The summed E-state index contributed by atoms with van der Waals surface area (Å²) in [4.78, 5) is 22.6. The first kappa shape index (κ1) is 11.0. The average Bonchev–Trinajstić information content (AvgIpc) is 2.25. The number of benzene rings is 1. The fourth-order valence-electron chi connectivity index (χ4n) is 1.26. The van der Waals surface area contributed by atoms with Crippen LogP contribution >= 0.6 is 23.2 Å². The summed E-state index contributed by atoms with van der Waals surface area (Å²) in [6.07, 6.45) is 0. The zero-order valence-corrected chi connectivity index (χ0v) is 9.42. The predicted molar refractivity (Wildman–Crippen MR) is 62.7 cm³/mol. The smallest absolute Gasteiger partial charge is 0.268 e. The van der Waals surface area contributed by atoms with Crippen molar-refractivity contribution in [1.29, 1.82) is 0 Å². The van der Waals surface area contributed by atoms with Gasteiger partial charge in [-0.05, 0) is 18.2 Å². The minimum Gasteiger partial charge on any atom is -0.268 e. The Hall–Kier alpha value is -1.52. The summed E-state index contributed by atoms with van der Waals surface area (Å²) >= 11 is 11.7. The van der Waals surface area contributed by atoms with Crippen LogP contribution in [0.5, 0.6) is 0 Å². The largest absolute Gasteiger partial charge is 0.269 e. The molecule has 0 unspecified atom stereocenters. The molecule has 0 aliphatic rings. The van der Waals surface area contributed by atoms with Crippen LogP contribution in [0.1, 0.15) is 0 Å². The minimum atomic E-state index is -0.393. The van der Waals surface area contributed by atoms with Gasteiger partial charge in [-0.15, -0.1) is 0 Å². The van der Waals surface area contributed by atoms with Gasteiger partial charge in [-0.2, -0.15) is 0 Å². The van der Waals surface area contributed by atoms with E-state index in [1.165, 1.54) is 6.07 Å². The van der Waals surface area contributed by atoms with E-state index in [-0.39, 0.29) is 5.56 Å². The molecule has 0 fully saturated rings. The van der Waals surface area contributed by atoms with Crippen LogP contribution in [0.2, 0.25) is 10.0 Å². The second-order valence-electron chi connectivity index (χ2n) is 3.08. The molecule has 4 nitrogen and oxygen atoms in total. The average molecular weight is 257 g/mol. The molecule has 0 bridgehead atoms. The topological polar surface area (TPSA) is 54.9 Å². The Kier molecular flexibility index (Phi) is 2.85. The van der Waals surface area contributed by atoms with Crippen molar-refractivity contribution in [3.8, 4) is 5.69 Å². The molecule has 0 saturated heterocycles. The lowest BCUT2D eigenvalue weighted by atomic mass is 10.3. The summed E-state index contributed by atoms with van der Waals surface area (Å²) in [7, 11) is 0. The third kappa shape index (κ3) is 2.03. The van der Waals surface area contributed by atoms with Crippen molar-refractivity contribution in [2.75, 3.05) is 0 Å². The van der Waals surface area contributed by atoms with Gasteiger partial charge in [-0.3, -0.25) is 14.7 Å². The van der Waals surface area contributed by atoms with E-state index in [1.807, 2.05) is 0 Å². The molecule has 0 aliphatic heterocycles. The van der Waals surface area contributed by atoms with Crippen molar-refractivity contribution in [3.05, 3.63) is 61.1 Å². The molecule has 0 saturated carbocycles. The Morgan fingerprint density at radius 2 is 1.81 bits per heavy atom. The van der Waals surface area contributed by atoms with Crippen molar-refractivity contribution >= 4 is 23.2 Å². The third-order valence-electron chi connectivity index (χ3n) is 1.97. The standard InChI is InChI=1S/C10H6Cl2N2O2/c11-6-1-2-7(12)8(5-6)14-10(16)4-3-9(15)13-14/h1-5H,(H,13,15). The van der Waals surface area contributed by atoms with Gasteiger partial charge in [0.15, 0.2) is 0 Å². The number of nitrogens with one attached hydrogen (secondary N) is 1.